The van der Waals surface area contributed by atoms with Crippen LogP contribution < -0.4 is 10.2 Å². The van der Waals surface area contributed by atoms with Crippen molar-refractivity contribution in [3.05, 3.63) is 23.8 Å². The van der Waals surface area contributed by atoms with Gasteiger partial charge in [-0.2, -0.15) is 26.3 Å². The zero-order valence-electron chi connectivity index (χ0n) is 16.3. The van der Waals surface area contributed by atoms with Crippen LogP contribution in [0.2, 0.25) is 0 Å². The van der Waals surface area contributed by atoms with E-state index in [0.29, 0.717) is 32.0 Å². The van der Waals surface area contributed by atoms with E-state index in [4.69, 9.17) is 9.47 Å². The molecule has 0 radical (unpaired) electrons. The molecule has 1 aromatic rings. The molecule has 0 spiro atoms. The third kappa shape index (κ3) is 7.65. The molecule has 1 fully saturated rings. The fourth-order valence-corrected chi connectivity index (χ4v) is 2.97. The summed E-state index contributed by atoms with van der Waals surface area (Å²) >= 11 is 0. The lowest BCUT2D eigenvalue weighted by Gasteiger charge is -2.31. The maximum absolute atomic E-state index is 13.1. The van der Waals surface area contributed by atoms with Gasteiger partial charge in [0.1, 0.15) is 0 Å². The molecule has 1 saturated heterocycles. The van der Waals surface area contributed by atoms with Gasteiger partial charge in [-0.1, -0.05) is 0 Å². The number of amides is 1. The molecule has 1 aliphatic heterocycles. The fourth-order valence-electron chi connectivity index (χ4n) is 2.97. The van der Waals surface area contributed by atoms with Crippen molar-refractivity contribution in [1.82, 2.24) is 4.90 Å². The van der Waals surface area contributed by atoms with Crippen molar-refractivity contribution in [2.75, 3.05) is 69.9 Å². The van der Waals surface area contributed by atoms with E-state index in [1.165, 1.54) is 13.2 Å². The van der Waals surface area contributed by atoms with Crippen LogP contribution in [0.15, 0.2) is 18.2 Å². The van der Waals surface area contributed by atoms with Crippen LogP contribution in [-0.4, -0.2) is 76.6 Å². The summed E-state index contributed by atoms with van der Waals surface area (Å²) in [5.41, 5.74) is -0.740. The minimum absolute atomic E-state index is 0.0358. The number of nitrogens with one attached hydrogen (secondary N) is 1. The maximum atomic E-state index is 13.1. The molecule has 2 rings (SSSR count). The quantitative estimate of drug-likeness (QED) is 0.627. The SMILES string of the molecule is COCCN(CC(=O)Nc1cc(C(F)(F)F)ccc1N1CCOCC1)CC(F)(F)F. The summed E-state index contributed by atoms with van der Waals surface area (Å²) in [4.78, 5) is 15.0. The highest BCUT2D eigenvalue weighted by Gasteiger charge is 2.33. The van der Waals surface area contributed by atoms with E-state index >= 15 is 0 Å². The van der Waals surface area contributed by atoms with Crippen molar-refractivity contribution >= 4 is 17.3 Å². The van der Waals surface area contributed by atoms with Crippen LogP contribution in [-0.2, 0) is 20.4 Å². The summed E-state index contributed by atoms with van der Waals surface area (Å²) in [5.74, 6) is -0.857. The molecule has 1 amide bonds. The number of hydrogen-bond donors (Lipinski definition) is 1. The molecule has 0 aliphatic carbocycles. The molecule has 1 heterocycles. The number of nitrogens with zero attached hydrogens (tertiary/aromatic N) is 2. The van der Waals surface area contributed by atoms with Gasteiger partial charge in [0.25, 0.3) is 0 Å². The summed E-state index contributed by atoms with van der Waals surface area (Å²) in [7, 11) is 1.31. The summed E-state index contributed by atoms with van der Waals surface area (Å²) in [6.07, 6.45) is -9.17. The van der Waals surface area contributed by atoms with Crippen LogP contribution in [0.25, 0.3) is 0 Å². The average molecular weight is 443 g/mol. The number of anilines is 2. The number of hydrogen-bond acceptors (Lipinski definition) is 5. The molecule has 0 bridgehead atoms. The molecule has 30 heavy (non-hydrogen) atoms. The second-order valence-corrected chi connectivity index (χ2v) is 6.70. The Hall–Kier alpha value is -2.05. The largest absolute Gasteiger partial charge is 0.416 e. The molecular weight excluding hydrogens is 420 g/mol. The van der Waals surface area contributed by atoms with E-state index in [2.05, 4.69) is 5.32 Å². The van der Waals surface area contributed by atoms with Gasteiger partial charge in [-0.25, -0.2) is 0 Å². The van der Waals surface area contributed by atoms with Gasteiger partial charge in [0.15, 0.2) is 0 Å². The first-order valence-corrected chi connectivity index (χ1v) is 9.11. The van der Waals surface area contributed by atoms with Gasteiger partial charge in [0.05, 0.1) is 49.8 Å². The van der Waals surface area contributed by atoms with Crippen molar-refractivity contribution in [3.63, 3.8) is 0 Å². The average Bonchev–Trinajstić information content (AvgIpc) is 2.64. The molecule has 12 heteroatoms. The Kier molecular flexibility index (Phi) is 8.33. The Bertz CT molecular complexity index is 705. The number of rotatable bonds is 8. The molecule has 1 aromatic carbocycles. The highest BCUT2D eigenvalue weighted by molar-refractivity contribution is 5.95. The van der Waals surface area contributed by atoms with Crippen molar-refractivity contribution < 1.29 is 40.6 Å². The molecule has 0 atom stereocenters. The molecule has 170 valence electrons. The van der Waals surface area contributed by atoms with Crippen molar-refractivity contribution in [3.8, 4) is 0 Å². The van der Waals surface area contributed by atoms with Crippen LogP contribution in [0.1, 0.15) is 5.56 Å². The van der Waals surface area contributed by atoms with E-state index in [1.807, 2.05) is 0 Å². The number of halogens is 6. The normalized spacial score (nSPS) is 15.5. The van der Waals surface area contributed by atoms with Gasteiger partial charge in [-0.05, 0) is 18.2 Å². The number of morpholine rings is 1. The Morgan fingerprint density at radius 3 is 2.43 bits per heavy atom. The number of carbonyl (C=O) groups is 1. The summed E-state index contributed by atoms with van der Waals surface area (Å²) in [6, 6.07) is 2.92. The monoisotopic (exact) mass is 443 g/mol. The van der Waals surface area contributed by atoms with E-state index in [9.17, 15) is 31.1 Å². The Labute approximate surface area is 169 Å². The number of ether oxygens (including phenoxy) is 2. The molecule has 0 unspecified atom stereocenters. The zero-order valence-corrected chi connectivity index (χ0v) is 16.3. The lowest BCUT2D eigenvalue weighted by Crippen LogP contribution is -2.41. The molecule has 1 aliphatic rings. The number of carbonyl (C=O) groups excluding carboxylic acids is 1. The number of benzene rings is 1. The van der Waals surface area contributed by atoms with E-state index in [-0.39, 0.29) is 18.8 Å². The first-order chi connectivity index (χ1) is 14.0. The Balaban J connectivity index is 2.21. The predicted molar refractivity (Wildman–Crippen MR) is 97.5 cm³/mol. The lowest BCUT2D eigenvalue weighted by molar-refractivity contribution is -0.149. The van der Waals surface area contributed by atoms with Gasteiger partial charge in [-0.15, -0.1) is 0 Å². The van der Waals surface area contributed by atoms with Crippen molar-refractivity contribution in [1.29, 1.82) is 0 Å². The third-order valence-corrected chi connectivity index (χ3v) is 4.33. The summed E-state index contributed by atoms with van der Waals surface area (Å²) in [5, 5.41) is 2.34. The topological polar surface area (TPSA) is 54.0 Å². The predicted octanol–water partition coefficient (Wildman–Crippen LogP) is 2.99. The van der Waals surface area contributed by atoms with Crippen LogP contribution in [0.3, 0.4) is 0 Å². The fraction of sp³-hybridized carbons (Fsp3) is 0.611. The van der Waals surface area contributed by atoms with Crippen LogP contribution in [0.4, 0.5) is 37.7 Å². The molecule has 6 nitrogen and oxygen atoms in total. The number of methoxy groups -OCH3 is 1. The Morgan fingerprint density at radius 1 is 1.20 bits per heavy atom. The van der Waals surface area contributed by atoms with Gasteiger partial charge < -0.3 is 19.7 Å². The van der Waals surface area contributed by atoms with Gasteiger partial charge in [0, 0.05) is 26.7 Å². The van der Waals surface area contributed by atoms with Crippen LogP contribution in [0, 0.1) is 0 Å². The second kappa shape index (κ2) is 10.3. The molecule has 1 N–H and O–H groups in total. The highest BCUT2D eigenvalue weighted by Crippen LogP contribution is 2.35. The molecule has 0 aromatic heterocycles. The van der Waals surface area contributed by atoms with E-state index in [0.717, 1.165) is 17.0 Å². The molecular formula is C18H23F6N3O3. The van der Waals surface area contributed by atoms with Gasteiger partial charge in [-0.3, -0.25) is 9.69 Å². The maximum Gasteiger partial charge on any atom is 0.416 e. The standard InChI is InChI=1S/C18H23F6N3O3/c1-29-7-4-26(12-17(19,20)21)11-16(28)25-14-10-13(18(22,23)24)2-3-15(14)27-5-8-30-9-6-27/h2-3,10H,4-9,11-12H2,1H3,(H,25,28). The molecule has 0 saturated carbocycles. The minimum Gasteiger partial charge on any atom is -0.383 e. The van der Waals surface area contributed by atoms with Crippen LogP contribution >= 0.6 is 0 Å². The Morgan fingerprint density at radius 2 is 1.87 bits per heavy atom. The smallest absolute Gasteiger partial charge is 0.383 e. The van der Waals surface area contributed by atoms with Crippen molar-refractivity contribution in [2.45, 2.75) is 12.4 Å². The first kappa shape index (κ1) is 24.2. The van der Waals surface area contributed by atoms with Gasteiger partial charge >= 0.3 is 12.4 Å². The minimum atomic E-state index is -4.64. The number of alkyl halides is 6. The summed E-state index contributed by atoms with van der Waals surface area (Å²) < 4.78 is 87.6. The third-order valence-electron chi connectivity index (χ3n) is 4.33. The van der Waals surface area contributed by atoms with Gasteiger partial charge in [0.2, 0.25) is 5.91 Å². The first-order valence-electron chi connectivity index (χ1n) is 9.11. The van der Waals surface area contributed by atoms with E-state index in [1.54, 1.807) is 4.90 Å². The zero-order chi connectivity index (χ0) is 22.4. The summed E-state index contributed by atoms with van der Waals surface area (Å²) in [6.45, 7) is -0.654. The van der Waals surface area contributed by atoms with E-state index < -0.39 is 36.9 Å². The van der Waals surface area contributed by atoms with Crippen molar-refractivity contribution in [2.24, 2.45) is 0 Å². The van der Waals surface area contributed by atoms with Crippen LogP contribution in [0.5, 0.6) is 0 Å². The lowest BCUT2D eigenvalue weighted by atomic mass is 10.1. The highest BCUT2D eigenvalue weighted by atomic mass is 19.4. The second-order valence-electron chi connectivity index (χ2n) is 6.70.